The molecule has 0 spiro atoms. The summed E-state index contributed by atoms with van der Waals surface area (Å²) in [5.74, 6) is 0.822. The van der Waals surface area contributed by atoms with Crippen LogP contribution < -0.4 is 0 Å². The number of rotatable bonds is 3. The zero-order chi connectivity index (χ0) is 14.8. The van der Waals surface area contributed by atoms with Crippen molar-refractivity contribution < 1.29 is 0 Å². The number of hydrogen-bond donors (Lipinski definition) is 1. The second-order valence-electron chi connectivity index (χ2n) is 5.60. The first-order valence-corrected chi connectivity index (χ1v) is 7.49. The molecule has 5 nitrogen and oxygen atoms in total. The van der Waals surface area contributed by atoms with Gasteiger partial charge in [0.25, 0.3) is 0 Å². The lowest BCUT2D eigenvalue weighted by Gasteiger charge is -2.27. The highest BCUT2D eigenvalue weighted by molar-refractivity contribution is 5.54. The Balaban J connectivity index is 1.54. The van der Waals surface area contributed by atoms with Gasteiger partial charge in [-0.3, -0.25) is 10.00 Å². The molecule has 1 N–H and O–H groups in total. The normalized spacial score (nSPS) is 14.7. The minimum atomic E-state index is 0.822. The highest BCUT2D eigenvalue weighted by Crippen LogP contribution is 2.21. The minimum absolute atomic E-state index is 0.822. The lowest BCUT2D eigenvalue weighted by atomic mass is 10.1. The lowest BCUT2D eigenvalue weighted by Crippen LogP contribution is -2.30. The number of nitrogens with zero attached hydrogens (tertiary/aromatic N) is 4. The van der Waals surface area contributed by atoms with E-state index in [9.17, 15) is 0 Å². The van der Waals surface area contributed by atoms with Crippen LogP contribution in [0.3, 0.4) is 0 Å². The van der Waals surface area contributed by atoms with Crippen molar-refractivity contribution in [1.29, 1.82) is 0 Å². The van der Waals surface area contributed by atoms with Crippen molar-refractivity contribution in [2.24, 2.45) is 0 Å². The van der Waals surface area contributed by atoms with Crippen LogP contribution in [-0.2, 0) is 19.5 Å². The molecular formula is C17H17N5. The van der Waals surface area contributed by atoms with E-state index in [0.717, 1.165) is 37.4 Å². The standard InChI is InChI=1S/C17H17N5/c1-2-4-14(5-3-1)17-18-10-15-12-22(7-6-16(15)21-17)11-13-8-19-20-9-13/h1-5,8-10H,6-7,11-12H2,(H,19,20). The van der Waals surface area contributed by atoms with Gasteiger partial charge in [-0.25, -0.2) is 9.97 Å². The fourth-order valence-corrected chi connectivity index (χ4v) is 2.86. The molecule has 0 bridgehead atoms. The summed E-state index contributed by atoms with van der Waals surface area (Å²) in [6.45, 7) is 2.83. The van der Waals surface area contributed by atoms with Crippen LogP contribution in [0.2, 0.25) is 0 Å². The second kappa shape index (κ2) is 5.69. The van der Waals surface area contributed by atoms with E-state index in [1.807, 2.05) is 36.8 Å². The number of hydrogen-bond acceptors (Lipinski definition) is 4. The fourth-order valence-electron chi connectivity index (χ4n) is 2.86. The SMILES string of the molecule is c1ccc(-c2ncc3c(n2)CCN(Cc2cn[nH]c2)C3)cc1. The van der Waals surface area contributed by atoms with Gasteiger partial charge in [-0.2, -0.15) is 5.10 Å². The highest BCUT2D eigenvalue weighted by atomic mass is 15.1. The van der Waals surface area contributed by atoms with E-state index in [2.05, 4.69) is 32.2 Å². The maximum Gasteiger partial charge on any atom is 0.159 e. The molecule has 22 heavy (non-hydrogen) atoms. The van der Waals surface area contributed by atoms with Gasteiger partial charge < -0.3 is 0 Å². The van der Waals surface area contributed by atoms with Crippen molar-refractivity contribution in [1.82, 2.24) is 25.1 Å². The van der Waals surface area contributed by atoms with Crippen LogP contribution in [0.15, 0.2) is 48.9 Å². The van der Waals surface area contributed by atoms with Gasteiger partial charge in [0.2, 0.25) is 0 Å². The number of aromatic amines is 1. The summed E-state index contributed by atoms with van der Waals surface area (Å²) in [6, 6.07) is 10.1. The predicted molar refractivity (Wildman–Crippen MR) is 83.9 cm³/mol. The number of aromatic nitrogens is 4. The molecular weight excluding hydrogens is 274 g/mol. The van der Waals surface area contributed by atoms with Gasteiger partial charge in [-0.1, -0.05) is 30.3 Å². The third kappa shape index (κ3) is 2.63. The Morgan fingerprint density at radius 2 is 2.05 bits per heavy atom. The second-order valence-corrected chi connectivity index (χ2v) is 5.60. The summed E-state index contributed by atoms with van der Waals surface area (Å²) >= 11 is 0. The third-order valence-electron chi connectivity index (χ3n) is 4.01. The van der Waals surface area contributed by atoms with E-state index >= 15 is 0 Å². The van der Waals surface area contributed by atoms with Crippen LogP contribution in [0, 0.1) is 0 Å². The molecule has 0 radical (unpaired) electrons. The lowest BCUT2D eigenvalue weighted by molar-refractivity contribution is 0.243. The van der Waals surface area contributed by atoms with Gasteiger partial charge in [0.15, 0.2) is 5.82 Å². The Kier molecular flexibility index (Phi) is 3.40. The van der Waals surface area contributed by atoms with E-state index in [0.29, 0.717) is 0 Å². The molecule has 0 saturated carbocycles. The van der Waals surface area contributed by atoms with E-state index in [1.54, 1.807) is 0 Å². The smallest absolute Gasteiger partial charge is 0.159 e. The van der Waals surface area contributed by atoms with Crippen LogP contribution in [0.25, 0.3) is 11.4 Å². The molecule has 110 valence electrons. The molecule has 4 rings (SSSR count). The first-order chi connectivity index (χ1) is 10.9. The fraction of sp³-hybridized carbons (Fsp3) is 0.235. The van der Waals surface area contributed by atoms with Crippen molar-refractivity contribution in [2.45, 2.75) is 19.5 Å². The van der Waals surface area contributed by atoms with Crippen molar-refractivity contribution in [3.05, 3.63) is 65.7 Å². The van der Waals surface area contributed by atoms with Gasteiger partial charge in [-0.05, 0) is 0 Å². The van der Waals surface area contributed by atoms with Gasteiger partial charge in [0.1, 0.15) is 0 Å². The van der Waals surface area contributed by atoms with Crippen molar-refractivity contribution >= 4 is 0 Å². The Morgan fingerprint density at radius 3 is 2.86 bits per heavy atom. The van der Waals surface area contributed by atoms with Crippen LogP contribution in [0.4, 0.5) is 0 Å². The Morgan fingerprint density at radius 1 is 1.14 bits per heavy atom. The number of benzene rings is 1. The van der Waals surface area contributed by atoms with Crippen molar-refractivity contribution in [3.8, 4) is 11.4 Å². The molecule has 1 aliphatic heterocycles. The van der Waals surface area contributed by atoms with Crippen LogP contribution in [-0.4, -0.2) is 31.6 Å². The maximum atomic E-state index is 4.76. The summed E-state index contributed by atoms with van der Waals surface area (Å²) < 4.78 is 0. The monoisotopic (exact) mass is 291 g/mol. The van der Waals surface area contributed by atoms with Gasteiger partial charge in [-0.15, -0.1) is 0 Å². The molecule has 0 unspecified atom stereocenters. The first kappa shape index (κ1) is 13.2. The molecule has 3 aromatic rings. The van der Waals surface area contributed by atoms with Crippen molar-refractivity contribution in [2.75, 3.05) is 6.54 Å². The molecule has 1 aliphatic rings. The number of H-pyrrole nitrogens is 1. The summed E-state index contributed by atoms with van der Waals surface area (Å²) in [4.78, 5) is 11.7. The Bertz CT molecular complexity index is 752. The minimum Gasteiger partial charge on any atom is -0.294 e. The van der Waals surface area contributed by atoms with Gasteiger partial charge in [0.05, 0.1) is 11.9 Å². The summed E-state index contributed by atoms with van der Waals surface area (Å²) in [6.07, 6.45) is 6.77. The quantitative estimate of drug-likeness (QED) is 0.805. The van der Waals surface area contributed by atoms with E-state index in [4.69, 9.17) is 4.98 Å². The predicted octanol–water partition coefficient (Wildman–Crippen LogP) is 2.43. The molecule has 0 aliphatic carbocycles. The van der Waals surface area contributed by atoms with E-state index in [1.165, 1.54) is 16.8 Å². The third-order valence-corrected chi connectivity index (χ3v) is 4.01. The Labute approximate surface area is 129 Å². The topological polar surface area (TPSA) is 57.7 Å². The molecule has 2 aromatic heterocycles. The maximum absolute atomic E-state index is 4.76. The highest BCUT2D eigenvalue weighted by Gasteiger charge is 2.19. The van der Waals surface area contributed by atoms with Crippen molar-refractivity contribution in [3.63, 3.8) is 0 Å². The molecule has 1 aromatic carbocycles. The summed E-state index contributed by atoms with van der Waals surface area (Å²) in [5.41, 5.74) is 4.70. The molecule has 0 atom stereocenters. The molecule has 0 saturated heterocycles. The largest absolute Gasteiger partial charge is 0.294 e. The number of fused-ring (bicyclic) bond motifs is 1. The zero-order valence-electron chi connectivity index (χ0n) is 12.2. The number of nitrogens with one attached hydrogen (secondary N) is 1. The molecule has 3 heterocycles. The molecule has 0 amide bonds. The van der Waals surface area contributed by atoms with Crippen LogP contribution in [0.5, 0.6) is 0 Å². The first-order valence-electron chi connectivity index (χ1n) is 7.49. The van der Waals surface area contributed by atoms with Crippen LogP contribution in [0.1, 0.15) is 16.8 Å². The molecule has 0 fully saturated rings. The van der Waals surface area contributed by atoms with E-state index in [-0.39, 0.29) is 0 Å². The van der Waals surface area contributed by atoms with Gasteiger partial charge in [0, 0.05) is 55.1 Å². The van der Waals surface area contributed by atoms with Crippen LogP contribution >= 0.6 is 0 Å². The average molecular weight is 291 g/mol. The summed E-state index contributed by atoms with van der Waals surface area (Å²) in [7, 11) is 0. The zero-order valence-corrected chi connectivity index (χ0v) is 12.2. The average Bonchev–Trinajstić information content (AvgIpc) is 3.08. The van der Waals surface area contributed by atoms with Gasteiger partial charge >= 0.3 is 0 Å². The Hall–Kier alpha value is -2.53. The van der Waals surface area contributed by atoms with E-state index < -0.39 is 0 Å². The molecule has 5 heteroatoms. The summed E-state index contributed by atoms with van der Waals surface area (Å²) in [5, 5.41) is 6.86.